The lowest BCUT2D eigenvalue weighted by molar-refractivity contribution is -0.136. The molecule has 0 aromatic carbocycles. The van der Waals surface area contributed by atoms with Crippen molar-refractivity contribution in [3.8, 4) is 0 Å². The number of carbonyl (C=O) groups excluding carboxylic acids is 3. The summed E-state index contributed by atoms with van der Waals surface area (Å²) in [6.45, 7) is 1.86. The van der Waals surface area contributed by atoms with E-state index in [-0.39, 0.29) is 17.6 Å². The van der Waals surface area contributed by atoms with E-state index in [1.54, 1.807) is 6.08 Å². The van der Waals surface area contributed by atoms with Crippen LogP contribution in [0.3, 0.4) is 0 Å². The van der Waals surface area contributed by atoms with Crippen LogP contribution in [-0.4, -0.2) is 17.6 Å². The van der Waals surface area contributed by atoms with E-state index in [9.17, 15) is 14.4 Å². The standard InChI is InChI=1S/C12H13NO3/c1-7-3-2-4-8(11(7)15)9-5-6-10(14)13-12(9)16/h2,4-9H,3H2,1H3,(H,13,14,16). The molecular weight excluding hydrogens is 206 g/mol. The minimum atomic E-state index is -0.538. The van der Waals surface area contributed by atoms with Gasteiger partial charge in [0.15, 0.2) is 0 Å². The quantitative estimate of drug-likeness (QED) is 0.518. The number of hydrogen-bond donors (Lipinski definition) is 1. The Morgan fingerprint density at radius 1 is 1.19 bits per heavy atom. The van der Waals surface area contributed by atoms with Gasteiger partial charge in [-0.05, 0) is 6.42 Å². The van der Waals surface area contributed by atoms with Gasteiger partial charge in [0, 0.05) is 12.0 Å². The van der Waals surface area contributed by atoms with Crippen LogP contribution >= 0.6 is 0 Å². The third-order valence-electron chi connectivity index (χ3n) is 3.04. The molecule has 4 nitrogen and oxygen atoms in total. The lowest BCUT2D eigenvalue weighted by Crippen LogP contribution is -2.43. The van der Waals surface area contributed by atoms with Crippen molar-refractivity contribution < 1.29 is 14.4 Å². The molecule has 16 heavy (non-hydrogen) atoms. The minimum Gasteiger partial charge on any atom is -0.299 e. The Morgan fingerprint density at radius 2 is 1.94 bits per heavy atom. The van der Waals surface area contributed by atoms with Gasteiger partial charge in [0.05, 0.1) is 11.8 Å². The van der Waals surface area contributed by atoms with Gasteiger partial charge in [0.25, 0.3) is 0 Å². The molecule has 2 amide bonds. The van der Waals surface area contributed by atoms with Gasteiger partial charge in [0.1, 0.15) is 5.78 Å². The number of nitrogens with one attached hydrogen (secondary N) is 1. The Morgan fingerprint density at radius 3 is 2.62 bits per heavy atom. The van der Waals surface area contributed by atoms with Gasteiger partial charge in [-0.3, -0.25) is 19.7 Å². The Labute approximate surface area is 93.4 Å². The highest BCUT2D eigenvalue weighted by atomic mass is 16.2. The molecule has 0 radical (unpaired) electrons. The molecule has 3 atom stereocenters. The van der Waals surface area contributed by atoms with Gasteiger partial charge in [-0.2, -0.15) is 0 Å². The monoisotopic (exact) mass is 219 g/mol. The van der Waals surface area contributed by atoms with Crippen LogP contribution in [0.5, 0.6) is 0 Å². The van der Waals surface area contributed by atoms with Crippen molar-refractivity contribution in [1.82, 2.24) is 5.32 Å². The molecule has 2 rings (SSSR count). The van der Waals surface area contributed by atoms with Gasteiger partial charge >= 0.3 is 0 Å². The van der Waals surface area contributed by atoms with E-state index in [2.05, 4.69) is 5.32 Å². The summed E-state index contributed by atoms with van der Waals surface area (Å²) in [5, 5.41) is 2.21. The molecule has 0 saturated carbocycles. The van der Waals surface area contributed by atoms with Crippen LogP contribution < -0.4 is 5.32 Å². The van der Waals surface area contributed by atoms with E-state index in [4.69, 9.17) is 0 Å². The number of allylic oxidation sites excluding steroid dienone is 2. The molecule has 1 aliphatic carbocycles. The first-order valence-corrected chi connectivity index (χ1v) is 5.33. The summed E-state index contributed by atoms with van der Waals surface area (Å²) in [5.41, 5.74) is 0. The molecule has 0 saturated heterocycles. The number of carbonyl (C=O) groups is 3. The first kappa shape index (κ1) is 10.8. The molecule has 0 spiro atoms. The summed E-state index contributed by atoms with van der Waals surface area (Å²) >= 11 is 0. The maximum absolute atomic E-state index is 11.9. The summed E-state index contributed by atoms with van der Waals surface area (Å²) < 4.78 is 0. The van der Waals surface area contributed by atoms with Gasteiger partial charge in [-0.15, -0.1) is 0 Å². The highest BCUT2D eigenvalue weighted by Gasteiger charge is 2.35. The average molecular weight is 219 g/mol. The van der Waals surface area contributed by atoms with Crippen molar-refractivity contribution in [3.05, 3.63) is 24.3 Å². The van der Waals surface area contributed by atoms with Crippen LogP contribution in [0.4, 0.5) is 0 Å². The van der Waals surface area contributed by atoms with Crippen molar-refractivity contribution in [2.75, 3.05) is 0 Å². The van der Waals surface area contributed by atoms with Crippen molar-refractivity contribution >= 4 is 17.6 Å². The van der Waals surface area contributed by atoms with E-state index in [1.165, 1.54) is 12.2 Å². The maximum atomic E-state index is 11.9. The Balaban J connectivity index is 2.25. The highest BCUT2D eigenvalue weighted by molar-refractivity contribution is 6.07. The van der Waals surface area contributed by atoms with Crippen LogP contribution in [-0.2, 0) is 14.4 Å². The normalized spacial score (nSPS) is 34.1. The van der Waals surface area contributed by atoms with Gasteiger partial charge in [-0.25, -0.2) is 0 Å². The molecule has 0 aromatic rings. The van der Waals surface area contributed by atoms with Gasteiger partial charge < -0.3 is 0 Å². The number of Topliss-reactive ketones (excluding diaryl/α,β-unsaturated/α-hetero) is 1. The second kappa shape index (κ2) is 4.04. The fraction of sp³-hybridized carbons (Fsp3) is 0.417. The third-order valence-corrected chi connectivity index (χ3v) is 3.04. The fourth-order valence-corrected chi connectivity index (χ4v) is 2.07. The smallest absolute Gasteiger partial charge is 0.250 e. The van der Waals surface area contributed by atoms with Crippen molar-refractivity contribution in [2.45, 2.75) is 13.3 Å². The van der Waals surface area contributed by atoms with Crippen LogP contribution in [0.1, 0.15) is 13.3 Å². The lowest BCUT2D eigenvalue weighted by Gasteiger charge is -2.26. The Bertz CT molecular complexity index is 408. The van der Waals surface area contributed by atoms with Crippen LogP contribution in [0.25, 0.3) is 0 Å². The second-order valence-corrected chi connectivity index (χ2v) is 4.23. The summed E-state index contributed by atoms with van der Waals surface area (Å²) in [6.07, 6.45) is 7.26. The van der Waals surface area contributed by atoms with E-state index >= 15 is 0 Å². The number of ketones is 1. The fourth-order valence-electron chi connectivity index (χ4n) is 2.07. The zero-order valence-corrected chi connectivity index (χ0v) is 8.97. The van der Waals surface area contributed by atoms with E-state index in [0.717, 1.165) is 6.42 Å². The molecule has 84 valence electrons. The second-order valence-electron chi connectivity index (χ2n) is 4.23. The molecule has 3 unspecified atom stereocenters. The average Bonchev–Trinajstić information content (AvgIpc) is 2.23. The van der Waals surface area contributed by atoms with E-state index in [0.29, 0.717) is 0 Å². The maximum Gasteiger partial charge on any atom is 0.250 e. The number of imide groups is 1. The zero-order valence-electron chi connectivity index (χ0n) is 8.97. The van der Waals surface area contributed by atoms with Crippen molar-refractivity contribution in [2.24, 2.45) is 17.8 Å². The topological polar surface area (TPSA) is 63.2 Å². The first-order valence-electron chi connectivity index (χ1n) is 5.33. The zero-order chi connectivity index (χ0) is 11.7. The Hall–Kier alpha value is -1.71. The predicted octanol–water partition coefficient (Wildman–Crippen LogP) is 0.596. The number of amides is 2. The van der Waals surface area contributed by atoms with Crippen LogP contribution in [0.2, 0.25) is 0 Å². The SMILES string of the molecule is CC1CC=CC(C2C=CC(=O)NC2=O)C1=O. The van der Waals surface area contributed by atoms with Gasteiger partial charge in [0.2, 0.25) is 11.8 Å². The van der Waals surface area contributed by atoms with Crippen LogP contribution in [0, 0.1) is 17.8 Å². The predicted molar refractivity (Wildman–Crippen MR) is 57.2 cm³/mol. The highest BCUT2D eigenvalue weighted by Crippen LogP contribution is 2.27. The molecular formula is C12H13NO3. The lowest BCUT2D eigenvalue weighted by atomic mass is 9.77. The van der Waals surface area contributed by atoms with Crippen molar-refractivity contribution in [3.63, 3.8) is 0 Å². The van der Waals surface area contributed by atoms with E-state index < -0.39 is 17.7 Å². The molecule has 0 fully saturated rings. The summed E-state index contributed by atoms with van der Waals surface area (Å²) in [4.78, 5) is 34.4. The molecule has 1 heterocycles. The van der Waals surface area contributed by atoms with Gasteiger partial charge in [-0.1, -0.05) is 25.2 Å². The molecule has 2 aliphatic rings. The molecule has 4 heteroatoms. The third kappa shape index (κ3) is 1.83. The molecule has 1 aliphatic heterocycles. The first-order chi connectivity index (χ1) is 7.59. The molecule has 0 aromatic heterocycles. The summed E-state index contributed by atoms with van der Waals surface area (Å²) in [7, 11) is 0. The molecule has 1 N–H and O–H groups in total. The Kier molecular flexibility index (Phi) is 2.73. The summed E-state index contributed by atoms with van der Waals surface area (Å²) in [5.74, 6) is -1.74. The number of hydrogen-bond acceptors (Lipinski definition) is 3. The van der Waals surface area contributed by atoms with Crippen molar-refractivity contribution in [1.29, 1.82) is 0 Å². The summed E-state index contributed by atoms with van der Waals surface area (Å²) in [6, 6.07) is 0. The van der Waals surface area contributed by atoms with Crippen LogP contribution in [0.15, 0.2) is 24.3 Å². The largest absolute Gasteiger partial charge is 0.299 e. The minimum absolute atomic E-state index is 0.0474. The van der Waals surface area contributed by atoms with E-state index in [1.807, 2.05) is 13.0 Å². The number of rotatable bonds is 1. The molecule has 0 bridgehead atoms.